The van der Waals surface area contributed by atoms with Gasteiger partial charge in [-0.1, -0.05) is 35.9 Å². The predicted molar refractivity (Wildman–Crippen MR) is 120 cm³/mol. The largest absolute Gasteiger partial charge is 0.371 e. The third kappa shape index (κ3) is 5.47. The van der Waals surface area contributed by atoms with Crippen molar-refractivity contribution in [2.24, 2.45) is 0 Å². The molecule has 0 aromatic heterocycles. The van der Waals surface area contributed by atoms with E-state index in [4.69, 9.17) is 9.47 Å². The molecule has 0 spiro atoms. The van der Waals surface area contributed by atoms with E-state index in [1.807, 2.05) is 61.7 Å². The molecule has 7 heteroatoms. The number of aryl methyl sites for hydroxylation is 1. The Kier molecular flexibility index (Phi) is 6.95. The fourth-order valence-corrected chi connectivity index (χ4v) is 4.53. The molecule has 31 heavy (non-hydrogen) atoms. The molecule has 0 aliphatic carbocycles. The number of hydrogen-bond acceptors (Lipinski definition) is 5. The molecule has 0 bridgehead atoms. The summed E-state index contributed by atoms with van der Waals surface area (Å²) in [5, 5.41) is 3.02. The van der Waals surface area contributed by atoms with Gasteiger partial charge in [0.15, 0.2) is 0 Å². The first-order chi connectivity index (χ1) is 15.0. The summed E-state index contributed by atoms with van der Waals surface area (Å²) in [5.41, 5.74) is 2.81. The number of nitrogens with one attached hydrogen (secondary N) is 1. The number of carbonyl (C=O) groups is 2. The minimum atomic E-state index is -0.190. The van der Waals surface area contributed by atoms with Gasteiger partial charge in [-0.25, -0.2) is 0 Å². The summed E-state index contributed by atoms with van der Waals surface area (Å²) in [6.07, 6.45) is 1.98. The summed E-state index contributed by atoms with van der Waals surface area (Å²) < 4.78 is 12.1. The van der Waals surface area contributed by atoms with Crippen molar-refractivity contribution in [2.75, 3.05) is 32.6 Å². The lowest BCUT2D eigenvalue weighted by Gasteiger charge is -2.20. The van der Waals surface area contributed by atoms with Crippen molar-refractivity contribution in [1.82, 2.24) is 10.2 Å². The minimum absolute atomic E-state index is 0.000759. The van der Waals surface area contributed by atoms with E-state index in [1.54, 1.807) is 16.7 Å². The number of hydrogen-bond donors (Lipinski definition) is 1. The van der Waals surface area contributed by atoms with E-state index < -0.39 is 0 Å². The molecule has 0 unspecified atom stereocenters. The standard InChI is InChI=1S/C24H28N2O4S/c1-16-5-3-6-17(9-16)10-23(27)25-19-14-29-21-12-26(13-22(21)30-15-19)24(28)18-7-4-8-20(11-18)31-2/h3-9,11,19,21-22H,10,12-15H2,1-2H3,(H,25,27)/t21-,22-/m0/s1. The van der Waals surface area contributed by atoms with Crippen LogP contribution in [0, 0.1) is 6.92 Å². The van der Waals surface area contributed by atoms with Crippen molar-refractivity contribution < 1.29 is 19.1 Å². The summed E-state index contributed by atoms with van der Waals surface area (Å²) in [6, 6.07) is 15.4. The Morgan fingerprint density at radius 3 is 2.45 bits per heavy atom. The third-order valence-corrected chi connectivity index (χ3v) is 6.38. The average Bonchev–Trinajstić information content (AvgIpc) is 3.09. The van der Waals surface area contributed by atoms with E-state index >= 15 is 0 Å². The molecule has 0 saturated carbocycles. The lowest BCUT2D eigenvalue weighted by molar-refractivity contribution is -0.121. The molecule has 6 nitrogen and oxygen atoms in total. The second kappa shape index (κ2) is 9.85. The molecule has 2 heterocycles. The maximum Gasteiger partial charge on any atom is 0.254 e. The molecule has 0 radical (unpaired) electrons. The molecule has 2 aliphatic heterocycles. The lowest BCUT2D eigenvalue weighted by Crippen LogP contribution is -2.42. The van der Waals surface area contributed by atoms with Gasteiger partial charge >= 0.3 is 0 Å². The van der Waals surface area contributed by atoms with Crippen LogP contribution in [-0.4, -0.2) is 67.5 Å². The molecule has 2 aromatic rings. The van der Waals surface area contributed by atoms with Crippen LogP contribution in [0.5, 0.6) is 0 Å². The van der Waals surface area contributed by atoms with E-state index in [9.17, 15) is 9.59 Å². The quantitative estimate of drug-likeness (QED) is 0.724. The van der Waals surface area contributed by atoms with Crippen molar-refractivity contribution in [3.8, 4) is 0 Å². The van der Waals surface area contributed by atoms with Gasteiger partial charge in [-0.2, -0.15) is 0 Å². The van der Waals surface area contributed by atoms with Crippen LogP contribution in [0.1, 0.15) is 21.5 Å². The molecule has 1 N–H and O–H groups in total. The highest BCUT2D eigenvalue weighted by Gasteiger charge is 2.39. The number of benzene rings is 2. The Morgan fingerprint density at radius 2 is 1.77 bits per heavy atom. The van der Waals surface area contributed by atoms with Crippen molar-refractivity contribution in [3.05, 3.63) is 65.2 Å². The van der Waals surface area contributed by atoms with E-state index in [-0.39, 0.29) is 30.1 Å². The monoisotopic (exact) mass is 440 g/mol. The van der Waals surface area contributed by atoms with Crippen molar-refractivity contribution in [2.45, 2.75) is 36.5 Å². The van der Waals surface area contributed by atoms with Crippen LogP contribution in [0.4, 0.5) is 0 Å². The summed E-state index contributed by atoms with van der Waals surface area (Å²) >= 11 is 1.62. The van der Waals surface area contributed by atoms with Crippen molar-refractivity contribution in [3.63, 3.8) is 0 Å². The fraction of sp³-hybridized carbons (Fsp3) is 0.417. The minimum Gasteiger partial charge on any atom is -0.371 e. The van der Waals surface area contributed by atoms with Crippen LogP contribution in [0.15, 0.2) is 53.4 Å². The van der Waals surface area contributed by atoms with E-state index in [1.165, 1.54) is 0 Å². The first kappa shape index (κ1) is 21.9. The van der Waals surface area contributed by atoms with Crippen LogP contribution in [-0.2, 0) is 20.7 Å². The van der Waals surface area contributed by atoms with Crippen LogP contribution in [0.2, 0.25) is 0 Å². The summed E-state index contributed by atoms with van der Waals surface area (Å²) in [4.78, 5) is 28.2. The van der Waals surface area contributed by atoms with Crippen LogP contribution >= 0.6 is 11.8 Å². The highest BCUT2D eigenvalue weighted by Crippen LogP contribution is 2.23. The molecular weight excluding hydrogens is 412 g/mol. The predicted octanol–water partition coefficient (Wildman–Crippen LogP) is 2.68. The van der Waals surface area contributed by atoms with Gasteiger partial charge in [0.25, 0.3) is 5.91 Å². The number of fused-ring (bicyclic) bond motifs is 1. The highest BCUT2D eigenvalue weighted by atomic mass is 32.2. The Hall–Kier alpha value is -2.35. The zero-order chi connectivity index (χ0) is 21.8. The van der Waals surface area contributed by atoms with E-state index in [0.29, 0.717) is 38.3 Å². The van der Waals surface area contributed by atoms with Gasteiger partial charge in [-0.05, 0) is 36.9 Å². The first-order valence-electron chi connectivity index (χ1n) is 10.5. The topological polar surface area (TPSA) is 67.9 Å². The molecule has 2 saturated heterocycles. The number of ether oxygens (including phenoxy) is 2. The van der Waals surface area contributed by atoms with Crippen molar-refractivity contribution >= 4 is 23.6 Å². The summed E-state index contributed by atoms with van der Waals surface area (Å²) in [5.74, 6) is -0.0421. The average molecular weight is 441 g/mol. The molecule has 164 valence electrons. The van der Waals surface area contributed by atoms with Crippen molar-refractivity contribution in [1.29, 1.82) is 0 Å². The van der Waals surface area contributed by atoms with Gasteiger partial charge in [0.2, 0.25) is 5.91 Å². The number of nitrogens with zero attached hydrogens (tertiary/aromatic N) is 1. The Bertz CT molecular complexity index is 935. The number of amides is 2. The zero-order valence-electron chi connectivity index (χ0n) is 17.9. The second-order valence-electron chi connectivity index (χ2n) is 8.12. The summed E-state index contributed by atoms with van der Waals surface area (Å²) in [7, 11) is 0. The van der Waals surface area contributed by atoms with Gasteiger partial charge < -0.3 is 19.7 Å². The molecular formula is C24H28N2O4S. The van der Waals surface area contributed by atoms with E-state index in [0.717, 1.165) is 16.0 Å². The maximum absolute atomic E-state index is 12.9. The lowest BCUT2D eigenvalue weighted by atomic mass is 10.1. The number of rotatable bonds is 5. The van der Waals surface area contributed by atoms with Crippen LogP contribution in [0.25, 0.3) is 0 Å². The first-order valence-corrected chi connectivity index (χ1v) is 11.8. The number of thioether (sulfide) groups is 1. The van der Waals surface area contributed by atoms with Gasteiger partial charge in [-0.3, -0.25) is 9.59 Å². The van der Waals surface area contributed by atoms with E-state index in [2.05, 4.69) is 5.32 Å². The number of likely N-dealkylation sites (tertiary alicyclic amines) is 1. The smallest absolute Gasteiger partial charge is 0.254 e. The third-order valence-electron chi connectivity index (χ3n) is 5.65. The Labute approximate surface area is 187 Å². The highest BCUT2D eigenvalue weighted by molar-refractivity contribution is 7.98. The van der Waals surface area contributed by atoms with Gasteiger partial charge in [0, 0.05) is 23.5 Å². The van der Waals surface area contributed by atoms with Crippen LogP contribution in [0.3, 0.4) is 0 Å². The molecule has 4 rings (SSSR count). The SMILES string of the molecule is CSc1cccc(C(=O)N2C[C@@H]3OCC(NC(=O)Cc4cccc(C)c4)CO[C@H]3C2)c1. The molecule has 2 fully saturated rings. The normalized spacial score (nSPS) is 21.4. The molecule has 2 aromatic carbocycles. The maximum atomic E-state index is 12.9. The Balaban J connectivity index is 1.29. The summed E-state index contributed by atoms with van der Waals surface area (Å²) in [6.45, 7) is 3.77. The Morgan fingerprint density at radius 1 is 1.06 bits per heavy atom. The van der Waals surface area contributed by atoms with Gasteiger partial charge in [-0.15, -0.1) is 11.8 Å². The number of carbonyl (C=O) groups excluding carboxylic acids is 2. The molecule has 2 amide bonds. The molecule has 2 aliphatic rings. The fourth-order valence-electron chi connectivity index (χ4n) is 4.07. The van der Waals surface area contributed by atoms with Gasteiger partial charge in [0.05, 0.1) is 25.7 Å². The zero-order valence-corrected chi connectivity index (χ0v) is 18.7. The van der Waals surface area contributed by atoms with Crippen LogP contribution < -0.4 is 5.32 Å². The molecule has 2 atom stereocenters. The second-order valence-corrected chi connectivity index (χ2v) is 9.00. The van der Waals surface area contributed by atoms with Gasteiger partial charge in [0.1, 0.15) is 12.2 Å².